The van der Waals surface area contributed by atoms with Gasteiger partial charge in [0.25, 0.3) is 0 Å². The molecule has 1 unspecified atom stereocenters. The number of para-hydroxylation sites is 1. The molecular weight excluding hydrogens is 262 g/mol. The Morgan fingerprint density at radius 3 is 2.62 bits per heavy atom. The first-order valence-corrected chi connectivity index (χ1v) is 7.40. The topological polar surface area (TPSA) is 29.5 Å². The van der Waals surface area contributed by atoms with Crippen molar-refractivity contribution in [3.8, 4) is 0 Å². The number of benzene rings is 2. The van der Waals surface area contributed by atoms with Crippen molar-refractivity contribution in [2.24, 2.45) is 0 Å². The number of ether oxygens (including phenoxy) is 1. The van der Waals surface area contributed by atoms with Gasteiger partial charge in [0.05, 0.1) is 18.3 Å². The number of hydrogen-bond acceptors (Lipinski definition) is 2. The summed E-state index contributed by atoms with van der Waals surface area (Å²) in [6.07, 6.45) is 1.63. The summed E-state index contributed by atoms with van der Waals surface area (Å²) in [5.74, 6) is 0. The van der Waals surface area contributed by atoms with Gasteiger partial charge in [0, 0.05) is 0 Å². The van der Waals surface area contributed by atoms with E-state index in [0.29, 0.717) is 6.61 Å². The van der Waals surface area contributed by atoms with Gasteiger partial charge < -0.3 is 4.74 Å². The number of carbonyl (C=O) groups excluding carboxylic acids is 1. The van der Waals surface area contributed by atoms with Crippen molar-refractivity contribution in [2.75, 3.05) is 11.5 Å². The minimum atomic E-state index is -0.265. The summed E-state index contributed by atoms with van der Waals surface area (Å²) in [5, 5.41) is 0. The molecule has 0 spiro atoms. The van der Waals surface area contributed by atoms with Gasteiger partial charge in [-0.25, -0.2) is 4.79 Å². The zero-order valence-electron chi connectivity index (χ0n) is 12.2. The highest BCUT2D eigenvalue weighted by atomic mass is 16.6. The first-order chi connectivity index (χ1) is 10.3. The van der Waals surface area contributed by atoms with E-state index < -0.39 is 0 Å². The van der Waals surface area contributed by atoms with Crippen LogP contribution in [0.2, 0.25) is 0 Å². The Balaban J connectivity index is 2.03. The van der Waals surface area contributed by atoms with E-state index in [2.05, 4.69) is 18.2 Å². The first-order valence-electron chi connectivity index (χ1n) is 7.40. The Bertz CT molecular complexity index is 624. The molecule has 0 bridgehead atoms. The van der Waals surface area contributed by atoms with Crippen LogP contribution in [-0.4, -0.2) is 12.7 Å². The van der Waals surface area contributed by atoms with Gasteiger partial charge in [0.1, 0.15) is 0 Å². The Kier molecular flexibility index (Phi) is 3.91. The molecule has 0 N–H and O–H groups in total. The number of fused-ring (bicyclic) bond motifs is 1. The normalized spacial score (nSPS) is 17.2. The molecule has 3 nitrogen and oxygen atoms in total. The number of amides is 1. The molecule has 1 atom stereocenters. The van der Waals surface area contributed by atoms with Crippen molar-refractivity contribution in [1.29, 1.82) is 0 Å². The third-order valence-electron chi connectivity index (χ3n) is 3.90. The Morgan fingerprint density at radius 1 is 1.14 bits per heavy atom. The van der Waals surface area contributed by atoms with E-state index in [1.807, 2.05) is 43.3 Å². The van der Waals surface area contributed by atoms with E-state index in [1.54, 1.807) is 4.90 Å². The van der Waals surface area contributed by atoms with Gasteiger partial charge in [-0.05, 0) is 37.0 Å². The SMILES string of the molecule is CCOC(=O)N1c2ccccc2CCC1c1ccccc1. The smallest absolute Gasteiger partial charge is 0.414 e. The quantitative estimate of drug-likeness (QED) is 0.819. The molecule has 2 aromatic rings. The summed E-state index contributed by atoms with van der Waals surface area (Å²) in [5.41, 5.74) is 3.33. The van der Waals surface area contributed by atoms with Crippen molar-refractivity contribution in [3.63, 3.8) is 0 Å². The molecule has 1 aliphatic heterocycles. The Morgan fingerprint density at radius 2 is 1.86 bits per heavy atom. The highest BCUT2D eigenvalue weighted by molar-refractivity contribution is 5.90. The fourth-order valence-electron chi connectivity index (χ4n) is 2.96. The number of rotatable bonds is 2. The third kappa shape index (κ3) is 2.64. The molecule has 0 aromatic heterocycles. The second kappa shape index (κ2) is 6.00. The maximum absolute atomic E-state index is 12.4. The van der Waals surface area contributed by atoms with E-state index in [0.717, 1.165) is 24.1 Å². The molecule has 0 saturated carbocycles. The average molecular weight is 281 g/mol. The largest absolute Gasteiger partial charge is 0.449 e. The molecule has 3 rings (SSSR count). The summed E-state index contributed by atoms with van der Waals surface area (Å²) in [4.78, 5) is 14.3. The van der Waals surface area contributed by atoms with Crippen molar-refractivity contribution in [2.45, 2.75) is 25.8 Å². The second-order valence-corrected chi connectivity index (χ2v) is 5.16. The van der Waals surface area contributed by atoms with Gasteiger partial charge in [-0.1, -0.05) is 48.5 Å². The van der Waals surface area contributed by atoms with Crippen molar-refractivity contribution in [3.05, 3.63) is 65.7 Å². The van der Waals surface area contributed by atoms with Crippen LogP contribution in [0.3, 0.4) is 0 Å². The van der Waals surface area contributed by atoms with Crippen LogP contribution in [0.25, 0.3) is 0 Å². The molecule has 3 heteroatoms. The lowest BCUT2D eigenvalue weighted by atomic mass is 9.91. The van der Waals surface area contributed by atoms with Crippen LogP contribution in [0.5, 0.6) is 0 Å². The maximum Gasteiger partial charge on any atom is 0.414 e. The zero-order chi connectivity index (χ0) is 14.7. The molecule has 0 radical (unpaired) electrons. The Hall–Kier alpha value is -2.29. The van der Waals surface area contributed by atoms with Gasteiger partial charge in [-0.15, -0.1) is 0 Å². The van der Waals surface area contributed by atoms with E-state index >= 15 is 0 Å². The molecular formula is C18H19NO2. The van der Waals surface area contributed by atoms with Crippen molar-refractivity contribution in [1.82, 2.24) is 0 Å². The summed E-state index contributed by atoms with van der Waals surface area (Å²) in [7, 11) is 0. The van der Waals surface area contributed by atoms with Crippen LogP contribution in [-0.2, 0) is 11.2 Å². The minimum Gasteiger partial charge on any atom is -0.449 e. The predicted octanol–water partition coefficient (Wildman–Crippen LogP) is 4.34. The van der Waals surface area contributed by atoms with E-state index in [1.165, 1.54) is 5.56 Å². The molecule has 0 fully saturated rings. The summed E-state index contributed by atoms with van der Waals surface area (Å²) in [6.45, 7) is 2.23. The van der Waals surface area contributed by atoms with Gasteiger partial charge in [-0.3, -0.25) is 4.90 Å². The standard InChI is InChI=1S/C18H19NO2/c1-2-21-18(20)19-16-11-7-6-10-15(16)12-13-17(19)14-8-4-3-5-9-14/h3-11,17H,2,12-13H2,1H3. The first kappa shape index (κ1) is 13.7. The molecule has 108 valence electrons. The predicted molar refractivity (Wildman–Crippen MR) is 83.4 cm³/mol. The highest BCUT2D eigenvalue weighted by Crippen LogP contribution is 2.38. The van der Waals surface area contributed by atoms with Gasteiger partial charge in [0.2, 0.25) is 0 Å². The Labute approximate surface area is 125 Å². The van der Waals surface area contributed by atoms with Crippen LogP contribution in [0.15, 0.2) is 54.6 Å². The van der Waals surface area contributed by atoms with Crippen LogP contribution in [0.4, 0.5) is 10.5 Å². The number of carbonyl (C=O) groups is 1. The lowest BCUT2D eigenvalue weighted by Gasteiger charge is -2.36. The lowest BCUT2D eigenvalue weighted by Crippen LogP contribution is -2.38. The van der Waals surface area contributed by atoms with Gasteiger partial charge in [-0.2, -0.15) is 0 Å². The van der Waals surface area contributed by atoms with E-state index in [4.69, 9.17) is 4.74 Å². The molecule has 1 amide bonds. The fraction of sp³-hybridized carbons (Fsp3) is 0.278. The van der Waals surface area contributed by atoms with Crippen LogP contribution in [0, 0.1) is 0 Å². The van der Waals surface area contributed by atoms with Crippen LogP contribution < -0.4 is 4.90 Å². The maximum atomic E-state index is 12.4. The summed E-state index contributed by atoms with van der Waals surface area (Å²) < 4.78 is 5.28. The number of aryl methyl sites for hydroxylation is 1. The fourth-order valence-corrected chi connectivity index (χ4v) is 2.96. The average Bonchev–Trinajstić information content (AvgIpc) is 2.54. The summed E-state index contributed by atoms with van der Waals surface area (Å²) >= 11 is 0. The second-order valence-electron chi connectivity index (χ2n) is 5.16. The number of hydrogen-bond donors (Lipinski definition) is 0. The molecule has 0 aliphatic carbocycles. The van der Waals surface area contributed by atoms with Crippen LogP contribution in [0.1, 0.15) is 30.5 Å². The van der Waals surface area contributed by atoms with Crippen molar-refractivity contribution < 1.29 is 9.53 Å². The lowest BCUT2D eigenvalue weighted by molar-refractivity contribution is 0.156. The van der Waals surface area contributed by atoms with Gasteiger partial charge >= 0.3 is 6.09 Å². The molecule has 2 aromatic carbocycles. The molecule has 1 aliphatic rings. The number of anilines is 1. The number of nitrogens with zero attached hydrogens (tertiary/aromatic N) is 1. The molecule has 21 heavy (non-hydrogen) atoms. The molecule has 0 saturated heterocycles. The zero-order valence-corrected chi connectivity index (χ0v) is 12.2. The monoisotopic (exact) mass is 281 g/mol. The van der Waals surface area contributed by atoms with Crippen molar-refractivity contribution >= 4 is 11.8 Å². The van der Waals surface area contributed by atoms with E-state index in [-0.39, 0.29) is 12.1 Å². The minimum absolute atomic E-state index is 0.0418. The van der Waals surface area contributed by atoms with Gasteiger partial charge in [0.15, 0.2) is 0 Å². The van der Waals surface area contributed by atoms with Crippen LogP contribution >= 0.6 is 0 Å². The summed E-state index contributed by atoms with van der Waals surface area (Å²) in [6, 6.07) is 18.3. The molecule has 1 heterocycles. The highest BCUT2D eigenvalue weighted by Gasteiger charge is 2.32. The van der Waals surface area contributed by atoms with E-state index in [9.17, 15) is 4.79 Å². The third-order valence-corrected chi connectivity index (χ3v) is 3.90.